The summed E-state index contributed by atoms with van der Waals surface area (Å²) in [5.41, 5.74) is 3.70. The molecule has 0 aromatic heterocycles. The number of nitrogens with zero attached hydrogens (tertiary/aromatic N) is 1. The minimum Gasteiger partial charge on any atom is -0.490 e. The number of ether oxygens (including phenoxy) is 2. The van der Waals surface area contributed by atoms with Gasteiger partial charge in [-0.2, -0.15) is 0 Å². The fourth-order valence-corrected chi connectivity index (χ4v) is 9.42. The Morgan fingerprint density at radius 2 is 2.00 bits per heavy atom. The molecule has 7 atom stereocenters. The van der Waals surface area contributed by atoms with Gasteiger partial charge in [-0.1, -0.05) is 31.0 Å². The van der Waals surface area contributed by atoms with Crippen molar-refractivity contribution >= 4 is 40.1 Å². The highest BCUT2D eigenvalue weighted by Gasteiger charge is 2.45. The number of anilines is 1. The molecule has 1 spiro atoms. The van der Waals surface area contributed by atoms with E-state index in [1.807, 2.05) is 25.1 Å². The number of aryl methyl sites for hydroxylation is 1. The van der Waals surface area contributed by atoms with Crippen LogP contribution in [-0.4, -0.2) is 61.2 Å². The van der Waals surface area contributed by atoms with Crippen LogP contribution in [0.2, 0.25) is 5.02 Å². The second-order valence-corrected chi connectivity index (χ2v) is 16.0. The van der Waals surface area contributed by atoms with Gasteiger partial charge in [0.1, 0.15) is 16.7 Å². The molecular formula is C36H48ClN3O5S. The van der Waals surface area contributed by atoms with Crippen LogP contribution in [0.5, 0.6) is 5.75 Å². The van der Waals surface area contributed by atoms with E-state index >= 15 is 0 Å². The molecule has 2 N–H and O–H groups in total. The predicted octanol–water partition coefficient (Wildman–Crippen LogP) is 5.82. The summed E-state index contributed by atoms with van der Waals surface area (Å²) in [6.45, 7) is 7.06. The molecule has 2 aromatic rings. The van der Waals surface area contributed by atoms with Crippen molar-refractivity contribution in [2.45, 2.75) is 75.9 Å². The lowest BCUT2D eigenvalue weighted by Crippen LogP contribution is -2.50. The van der Waals surface area contributed by atoms with Crippen molar-refractivity contribution in [1.82, 2.24) is 10.0 Å². The molecule has 2 bridgehead atoms. The van der Waals surface area contributed by atoms with Gasteiger partial charge >= 0.3 is 0 Å². The van der Waals surface area contributed by atoms with Gasteiger partial charge in [0, 0.05) is 48.7 Å². The van der Waals surface area contributed by atoms with Gasteiger partial charge in [0.15, 0.2) is 0 Å². The van der Waals surface area contributed by atoms with Crippen LogP contribution < -0.4 is 19.7 Å². The summed E-state index contributed by atoms with van der Waals surface area (Å²) in [7, 11) is 0.107. The molecule has 2 aliphatic heterocycles. The lowest BCUT2D eigenvalue weighted by molar-refractivity contribution is -0.129. The van der Waals surface area contributed by atoms with E-state index in [0.29, 0.717) is 31.2 Å². The number of nitrogens with one attached hydrogen (secondary N) is 2. The van der Waals surface area contributed by atoms with Crippen molar-refractivity contribution in [3.8, 4) is 5.75 Å². The van der Waals surface area contributed by atoms with Gasteiger partial charge in [-0.15, -0.1) is 0 Å². The van der Waals surface area contributed by atoms with E-state index in [9.17, 15) is 13.8 Å². The summed E-state index contributed by atoms with van der Waals surface area (Å²) >= 11 is 6.44. The van der Waals surface area contributed by atoms with Gasteiger partial charge in [0.25, 0.3) is 5.91 Å². The van der Waals surface area contributed by atoms with Gasteiger partial charge in [-0.25, -0.2) is 4.21 Å². The summed E-state index contributed by atoms with van der Waals surface area (Å²) in [6, 6.07) is 11.8. The molecule has 0 radical (unpaired) electrons. The smallest absolute Gasteiger partial charge is 0.263 e. The van der Waals surface area contributed by atoms with Crippen molar-refractivity contribution in [3.05, 3.63) is 58.1 Å². The van der Waals surface area contributed by atoms with Gasteiger partial charge in [-0.3, -0.25) is 14.3 Å². The topological polar surface area (TPSA) is 97.0 Å². The van der Waals surface area contributed by atoms with Crippen LogP contribution in [0.1, 0.15) is 80.3 Å². The molecule has 0 saturated heterocycles. The van der Waals surface area contributed by atoms with Crippen LogP contribution in [0, 0.1) is 23.7 Å². The molecule has 46 heavy (non-hydrogen) atoms. The highest BCUT2D eigenvalue weighted by molar-refractivity contribution is 7.84. The molecular weight excluding hydrogens is 622 g/mol. The minimum absolute atomic E-state index is 0.0863. The van der Waals surface area contributed by atoms with Gasteiger partial charge in [0.05, 0.1) is 24.2 Å². The molecule has 2 heterocycles. The Hall–Kier alpha value is -2.62. The van der Waals surface area contributed by atoms with Gasteiger partial charge in [-0.05, 0) is 111 Å². The molecule has 4 aliphatic rings. The monoisotopic (exact) mass is 669 g/mol. The van der Waals surface area contributed by atoms with Crippen LogP contribution in [-0.2, 0) is 32.4 Å². The summed E-state index contributed by atoms with van der Waals surface area (Å²) in [6.07, 6.45) is 7.62. The second-order valence-electron chi connectivity index (χ2n) is 14.0. The van der Waals surface area contributed by atoms with E-state index in [1.54, 1.807) is 13.2 Å². The maximum atomic E-state index is 13.7. The average molecular weight is 670 g/mol. The summed E-state index contributed by atoms with van der Waals surface area (Å²) < 4.78 is 27.9. The lowest BCUT2D eigenvalue weighted by Gasteiger charge is -2.46. The molecule has 7 unspecified atom stereocenters. The molecule has 6 rings (SSSR count). The normalized spacial score (nSPS) is 31.4. The summed E-state index contributed by atoms with van der Waals surface area (Å²) in [5.74, 6) is 1.18. The van der Waals surface area contributed by atoms with Crippen molar-refractivity contribution in [2.24, 2.45) is 23.7 Å². The van der Waals surface area contributed by atoms with Crippen molar-refractivity contribution in [1.29, 1.82) is 0 Å². The van der Waals surface area contributed by atoms with Crippen molar-refractivity contribution in [3.63, 3.8) is 0 Å². The Morgan fingerprint density at radius 3 is 2.78 bits per heavy atom. The molecule has 8 nitrogen and oxygen atoms in total. The Balaban J connectivity index is 1.38. The average Bonchev–Trinajstić information content (AvgIpc) is 3.18. The number of halogens is 1. The number of carbonyl (C=O) groups is 2. The van der Waals surface area contributed by atoms with E-state index in [0.717, 1.165) is 80.9 Å². The number of benzene rings is 2. The van der Waals surface area contributed by atoms with E-state index in [4.69, 9.17) is 21.1 Å². The molecule has 2 aromatic carbocycles. The second kappa shape index (κ2) is 14.2. The Kier molecular flexibility index (Phi) is 10.3. The number of carbonyl (C=O) groups excluding carboxylic acids is 2. The maximum Gasteiger partial charge on any atom is 0.263 e. The number of hydrogen-bond acceptors (Lipinski definition) is 6. The highest BCUT2D eigenvalue weighted by Crippen LogP contribution is 2.48. The fourth-order valence-electron chi connectivity index (χ4n) is 8.19. The third kappa shape index (κ3) is 6.83. The zero-order valence-corrected chi connectivity index (χ0v) is 28.9. The van der Waals surface area contributed by atoms with E-state index < -0.39 is 11.0 Å². The van der Waals surface area contributed by atoms with Crippen molar-refractivity contribution < 1.29 is 23.3 Å². The van der Waals surface area contributed by atoms with Crippen LogP contribution in [0.3, 0.4) is 0 Å². The minimum atomic E-state index is -1.54. The van der Waals surface area contributed by atoms with Gasteiger partial charge < -0.3 is 19.7 Å². The third-order valence-electron chi connectivity index (χ3n) is 11.2. The zero-order chi connectivity index (χ0) is 32.4. The number of rotatable bonds is 4. The standard InChI is InChI=1S/C36H48ClN3O5S/c1-23-6-4-8-30(35(42)38-16-17-44-3)29-12-9-27(29)20-40-21-36(15-5-7-25-18-28(37)11-13-31(25)36)22-45-33-14-10-26(19-32(33)40)34(41)39-46(43)24(23)2/h10-11,13-14,18-19,23-24,27,29-30H,4-9,12,15-17,20-22H2,1-3H3,(H,38,42)(H,39,41). The van der Waals surface area contributed by atoms with Crippen LogP contribution in [0.15, 0.2) is 36.4 Å². The first-order valence-electron chi connectivity index (χ1n) is 17.0. The summed E-state index contributed by atoms with van der Waals surface area (Å²) in [5, 5.41) is 3.67. The van der Waals surface area contributed by atoms with Crippen LogP contribution >= 0.6 is 11.6 Å². The first-order valence-corrected chi connectivity index (χ1v) is 18.6. The quantitative estimate of drug-likeness (QED) is 0.399. The number of methoxy groups -OCH3 is 1. The molecule has 1 saturated carbocycles. The van der Waals surface area contributed by atoms with Gasteiger partial charge in [0.2, 0.25) is 5.91 Å². The SMILES string of the molecule is COCCNC(=O)C1CCCC(C)C(C)S(=O)NC(=O)c2ccc3c(c2)N(CC2CCC21)CC1(CCCc2cc(Cl)ccc21)CO3. The number of hydrogen-bond donors (Lipinski definition) is 2. The molecule has 250 valence electrons. The molecule has 10 heteroatoms. The van der Waals surface area contributed by atoms with E-state index in [-0.39, 0.29) is 40.2 Å². The van der Waals surface area contributed by atoms with Crippen molar-refractivity contribution in [2.75, 3.05) is 44.9 Å². The predicted molar refractivity (Wildman–Crippen MR) is 183 cm³/mol. The van der Waals surface area contributed by atoms with E-state index in [1.165, 1.54) is 11.1 Å². The number of fused-ring (bicyclic) bond motifs is 4. The fraction of sp³-hybridized carbons (Fsp3) is 0.611. The maximum absolute atomic E-state index is 13.7. The molecule has 2 amide bonds. The van der Waals surface area contributed by atoms with Crippen LogP contribution in [0.4, 0.5) is 5.69 Å². The first kappa shape index (κ1) is 33.3. The summed E-state index contributed by atoms with van der Waals surface area (Å²) in [4.78, 5) is 29.5. The highest BCUT2D eigenvalue weighted by atomic mass is 35.5. The van der Waals surface area contributed by atoms with E-state index in [2.05, 4.69) is 34.0 Å². The number of amides is 2. The van der Waals surface area contributed by atoms with Crippen LogP contribution in [0.25, 0.3) is 0 Å². The third-order valence-corrected chi connectivity index (χ3v) is 13.0. The molecule has 2 aliphatic carbocycles. The molecule has 1 fully saturated rings. The lowest BCUT2D eigenvalue weighted by atomic mass is 9.64. The largest absolute Gasteiger partial charge is 0.490 e. The zero-order valence-electron chi connectivity index (χ0n) is 27.3. The first-order chi connectivity index (χ1) is 22.2. The Bertz CT molecular complexity index is 1470. The Labute approximate surface area is 280 Å². The Morgan fingerprint density at radius 1 is 1.15 bits per heavy atom.